The van der Waals surface area contributed by atoms with Gasteiger partial charge in [0.1, 0.15) is 0 Å². The van der Waals surface area contributed by atoms with E-state index in [4.69, 9.17) is 5.73 Å². The van der Waals surface area contributed by atoms with Gasteiger partial charge >= 0.3 is 0 Å². The maximum atomic E-state index is 5.62. The number of halogens is 1. The van der Waals surface area contributed by atoms with Gasteiger partial charge in [-0.25, -0.2) is 0 Å². The normalized spacial score (nSPS) is 11.0. The Labute approximate surface area is 85.5 Å². The Balaban J connectivity index is 2.77. The molecule has 0 amide bonds. The van der Waals surface area contributed by atoms with Crippen LogP contribution in [-0.4, -0.2) is 4.57 Å². The number of rotatable bonds is 1. The van der Waals surface area contributed by atoms with Crippen molar-refractivity contribution in [3.05, 3.63) is 34.4 Å². The molecule has 2 rings (SSSR count). The van der Waals surface area contributed by atoms with Crippen LogP contribution >= 0.6 is 15.9 Å². The van der Waals surface area contributed by atoms with Crippen molar-refractivity contribution in [1.82, 2.24) is 4.57 Å². The molecule has 1 aromatic carbocycles. The van der Waals surface area contributed by atoms with Gasteiger partial charge < -0.3 is 10.3 Å². The molecule has 0 aliphatic carbocycles. The standard InChI is InChI=1S/C10H11BrN2/c1-13-9(6-12)4-7-2-3-8(11)5-10(7)13/h2-5H,6,12H2,1H3. The average molecular weight is 239 g/mol. The van der Waals surface area contributed by atoms with Crippen molar-refractivity contribution in [2.75, 3.05) is 0 Å². The fourth-order valence-corrected chi connectivity index (χ4v) is 1.91. The lowest BCUT2D eigenvalue weighted by atomic mass is 10.2. The summed E-state index contributed by atoms with van der Waals surface area (Å²) in [4.78, 5) is 0. The predicted octanol–water partition coefficient (Wildman–Crippen LogP) is 2.40. The van der Waals surface area contributed by atoms with E-state index in [0.29, 0.717) is 6.54 Å². The first-order chi connectivity index (χ1) is 6.22. The summed E-state index contributed by atoms with van der Waals surface area (Å²) in [5, 5.41) is 1.24. The number of fused-ring (bicyclic) bond motifs is 1. The van der Waals surface area contributed by atoms with E-state index in [0.717, 1.165) is 10.2 Å². The van der Waals surface area contributed by atoms with Crippen LogP contribution < -0.4 is 5.73 Å². The molecule has 1 heterocycles. The lowest BCUT2D eigenvalue weighted by Crippen LogP contribution is -2.02. The van der Waals surface area contributed by atoms with E-state index in [1.807, 2.05) is 13.1 Å². The van der Waals surface area contributed by atoms with E-state index in [2.05, 4.69) is 38.7 Å². The van der Waals surface area contributed by atoms with Crippen LogP contribution in [0.5, 0.6) is 0 Å². The van der Waals surface area contributed by atoms with Gasteiger partial charge in [0.2, 0.25) is 0 Å². The molecule has 2 nitrogen and oxygen atoms in total. The van der Waals surface area contributed by atoms with Crippen LogP contribution in [-0.2, 0) is 13.6 Å². The van der Waals surface area contributed by atoms with Gasteiger partial charge in [-0.1, -0.05) is 22.0 Å². The van der Waals surface area contributed by atoms with Crippen molar-refractivity contribution in [3.63, 3.8) is 0 Å². The second kappa shape index (κ2) is 3.16. The van der Waals surface area contributed by atoms with E-state index in [-0.39, 0.29) is 0 Å². The minimum Gasteiger partial charge on any atom is -0.346 e. The number of benzene rings is 1. The van der Waals surface area contributed by atoms with Crippen molar-refractivity contribution < 1.29 is 0 Å². The smallest absolute Gasteiger partial charge is 0.0491 e. The summed E-state index contributed by atoms with van der Waals surface area (Å²) in [5.74, 6) is 0. The summed E-state index contributed by atoms with van der Waals surface area (Å²) < 4.78 is 3.23. The van der Waals surface area contributed by atoms with Crippen LogP contribution in [0.2, 0.25) is 0 Å². The molecule has 0 aliphatic heterocycles. The first kappa shape index (κ1) is 8.78. The predicted molar refractivity (Wildman–Crippen MR) is 58.5 cm³/mol. The van der Waals surface area contributed by atoms with Crippen LogP contribution in [0.4, 0.5) is 0 Å². The molecular formula is C10H11BrN2. The highest BCUT2D eigenvalue weighted by atomic mass is 79.9. The highest BCUT2D eigenvalue weighted by Crippen LogP contribution is 2.22. The summed E-state index contributed by atoms with van der Waals surface area (Å²) in [6, 6.07) is 8.37. The largest absolute Gasteiger partial charge is 0.346 e. The molecule has 0 bridgehead atoms. The van der Waals surface area contributed by atoms with Gasteiger partial charge in [-0.3, -0.25) is 0 Å². The summed E-state index contributed by atoms with van der Waals surface area (Å²) in [6.07, 6.45) is 0. The zero-order valence-corrected chi connectivity index (χ0v) is 9.01. The Hall–Kier alpha value is -0.800. The first-order valence-corrected chi connectivity index (χ1v) is 4.95. The van der Waals surface area contributed by atoms with Crippen molar-refractivity contribution >= 4 is 26.8 Å². The molecule has 0 saturated carbocycles. The number of nitrogens with zero attached hydrogens (tertiary/aromatic N) is 1. The second-order valence-corrected chi connectivity index (χ2v) is 4.02. The topological polar surface area (TPSA) is 30.9 Å². The number of hydrogen-bond donors (Lipinski definition) is 1. The van der Waals surface area contributed by atoms with Crippen LogP contribution in [0.25, 0.3) is 10.9 Å². The van der Waals surface area contributed by atoms with Gasteiger partial charge in [0.25, 0.3) is 0 Å². The fraction of sp³-hybridized carbons (Fsp3) is 0.200. The molecule has 0 aliphatic rings. The van der Waals surface area contributed by atoms with Crippen molar-refractivity contribution in [3.8, 4) is 0 Å². The maximum absolute atomic E-state index is 5.62. The van der Waals surface area contributed by atoms with Crippen LogP contribution in [0.15, 0.2) is 28.7 Å². The van der Waals surface area contributed by atoms with E-state index in [1.54, 1.807) is 0 Å². The third kappa shape index (κ3) is 1.38. The SMILES string of the molecule is Cn1c(CN)cc2ccc(Br)cc21. The third-order valence-corrected chi connectivity index (χ3v) is 2.81. The molecule has 3 heteroatoms. The van der Waals surface area contributed by atoms with Gasteiger partial charge in [0, 0.05) is 29.3 Å². The molecule has 0 spiro atoms. The Bertz CT molecular complexity index is 445. The van der Waals surface area contributed by atoms with E-state index in [9.17, 15) is 0 Å². The van der Waals surface area contributed by atoms with Crippen LogP contribution in [0, 0.1) is 0 Å². The summed E-state index contributed by atoms with van der Waals surface area (Å²) >= 11 is 3.45. The van der Waals surface area contributed by atoms with Crippen LogP contribution in [0.1, 0.15) is 5.69 Å². The summed E-state index contributed by atoms with van der Waals surface area (Å²) in [7, 11) is 2.04. The third-order valence-electron chi connectivity index (χ3n) is 2.32. The van der Waals surface area contributed by atoms with E-state index < -0.39 is 0 Å². The second-order valence-electron chi connectivity index (χ2n) is 3.10. The quantitative estimate of drug-likeness (QED) is 0.813. The minimum atomic E-state index is 0.586. The Morgan fingerprint density at radius 1 is 1.38 bits per heavy atom. The molecule has 0 atom stereocenters. The molecule has 0 fully saturated rings. The number of aryl methyl sites for hydroxylation is 1. The van der Waals surface area contributed by atoms with Gasteiger partial charge in [-0.05, 0) is 23.6 Å². The monoisotopic (exact) mass is 238 g/mol. The summed E-state index contributed by atoms with van der Waals surface area (Å²) in [5.41, 5.74) is 8.00. The molecule has 0 saturated heterocycles. The Morgan fingerprint density at radius 2 is 2.15 bits per heavy atom. The molecule has 2 N–H and O–H groups in total. The lowest BCUT2D eigenvalue weighted by Gasteiger charge is -2.00. The molecule has 0 unspecified atom stereocenters. The molecule has 2 aromatic rings. The molecule has 1 aromatic heterocycles. The van der Waals surface area contributed by atoms with Crippen LogP contribution in [0.3, 0.4) is 0 Å². The zero-order valence-electron chi connectivity index (χ0n) is 7.42. The highest BCUT2D eigenvalue weighted by molar-refractivity contribution is 9.10. The number of nitrogens with two attached hydrogens (primary N) is 1. The van der Waals surface area contributed by atoms with Crippen molar-refractivity contribution in [1.29, 1.82) is 0 Å². The van der Waals surface area contributed by atoms with E-state index in [1.165, 1.54) is 10.9 Å². The van der Waals surface area contributed by atoms with Gasteiger partial charge in [0.15, 0.2) is 0 Å². The Morgan fingerprint density at radius 3 is 2.85 bits per heavy atom. The molecule has 0 radical (unpaired) electrons. The lowest BCUT2D eigenvalue weighted by molar-refractivity contribution is 0.849. The number of aromatic nitrogens is 1. The molecule has 13 heavy (non-hydrogen) atoms. The fourth-order valence-electron chi connectivity index (χ4n) is 1.56. The highest BCUT2D eigenvalue weighted by Gasteiger charge is 2.03. The maximum Gasteiger partial charge on any atom is 0.0491 e. The van der Waals surface area contributed by atoms with Gasteiger partial charge in [-0.15, -0.1) is 0 Å². The van der Waals surface area contributed by atoms with Crippen molar-refractivity contribution in [2.24, 2.45) is 12.8 Å². The molecular weight excluding hydrogens is 228 g/mol. The van der Waals surface area contributed by atoms with Gasteiger partial charge in [-0.2, -0.15) is 0 Å². The summed E-state index contributed by atoms with van der Waals surface area (Å²) in [6.45, 7) is 0.586. The molecule has 68 valence electrons. The average Bonchev–Trinajstić information content (AvgIpc) is 2.44. The minimum absolute atomic E-state index is 0.586. The van der Waals surface area contributed by atoms with Gasteiger partial charge in [0.05, 0.1) is 0 Å². The number of hydrogen-bond acceptors (Lipinski definition) is 1. The first-order valence-electron chi connectivity index (χ1n) is 4.16. The van der Waals surface area contributed by atoms with E-state index >= 15 is 0 Å². The Kier molecular flexibility index (Phi) is 2.14. The zero-order chi connectivity index (χ0) is 9.42. The van der Waals surface area contributed by atoms with Crippen molar-refractivity contribution in [2.45, 2.75) is 6.54 Å².